The minimum atomic E-state index is -4.71. The molecule has 0 saturated carbocycles. The van der Waals surface area contributed by atoms with Crippen molar-refractivity contribution in [2.75, 3.05) is 13.1 Å². The van der Waals surface area contributed by atoms with Gasteiger partial charge in [-0.1, -0.05) is 12.1 Å². The Hall–Kier alpha value is -1.76. The summed E-state index contributed by atoms with van der Waals surface area (Å²) in [4.78, 5) is 13.1. The summed E-state index contributed by atoms with van der Waals surface area (Å²) in [5, 5.41) is 9.16. The van der Waals surface area contributed by atoms with Gasteiger partial charge in [0.25, 0.3) is 0 Å². The van der Waals surface area contributed by atoms with E-state index >= 15 is 0 Å². The van der Waals surface area contributed by atoms with Crippen molar-refractivity contribution < 1.29 is 27.8 Å². The number of aliphatic carboxylic acids is 1. The molecule has 0 spiro atoms. The fourth-order valence-corrected chi connectivity index (χ4v) is 2.47. The van der Waals surface area contributed by atoms with Crippen LogP contribution in [0, 0.1) is 5.41 Å². The lowest BCUT2D eigenvalue weighted by Crippen LogP contribution is -2.31. The van der Waals surface area contributed by atoms with E-state index in [9.17, 15) is 18.0 Å². The SMILES string of the molecule is CC1(C(=O)O)CCN(Cc2cccc(OC(F)(F)F)c2)C1. The van der Waals surface area contributed by atoms with E-state index in [0.29, 0.717) is 31.6 Å². The lowest BCUT2D eigenvalue weighted by molar-refractivity contribution is -0.274. The van der Waals surface area contributed by atoms with Crippen LogP contribution in [0.2, 0.25) is 0 Å². The third-order valence-corrected chi connectivity index (χ3v) is 3.61. The van der Waals surface area contributed by atoms with Gasteiger partial charge in [-0.2, -0.15) is 0 Å². The molecule has 1 unspecified atom stereocenters. The number of carboxylic acid groups (broad SMARTS) is 1. The van der Waals surface area contributed by atoms with Crippen molar-refractivity contribution in [2.45, 2.75) is 26.3 Å². The molecule has 1 N–H and O–H groups in total. The van der Waals surface area contributed by atoms with Crippen molar-refractivity contribution >= 4 is 5.97 Å². The molecule has 0 aliphatic carbocycles. The summed E-state index contributed by atoms with van der Waals surface area (Å²) in [5.41, 5.74) is -0.133. The van der Waals surface area contributed by atoms with E-state index in [1.165, 1.54) is 18.2 Å². The normalized spacial score (nSPS) is 23.2. The molecule has 7 heteroatoms. The van der Waals surface area contributed by atoms with E-state index in [0.717, 1.165) is 0 Å². The number of likely N-dealkylation sites (tertiary alicyclic amines) is 1. The monoisotopic (exact) mass is 303 g/mol. The molecule has 1 atom stereocenters. The fourth-order valence-electron chi connectivity index (χ4n) is 2.47. The van der Waals surface area contributed by atoms with Crippen LogP contribution in [0.1, 0.15) is 18.9 Å². The Morgan fingerprint density at radius 3 is 2.76 bits per heavy atom. The molecule has 116 valence electrons. The minimum absolute atomic E-state index is 0.264. The molecular weight excluding hydrogens is 287 g/mol. The van der Waals surface area contributed by atoms with Crippen LogP contribution in [0.25, 0.3) is 0 Å². The van der Waals surface area contributed by atoms with Gasteiger partial charge in [-0.15, -0.1) is 13.2 Å². The summed E-state index contributed by atoms with van der Waals surface area (Å²) in [6.07, 6.45) is -4.19. The second-order valence-electron chi connectivity index (χ2n) is 5.52. The second-order valence-corrected chi connectivity index (χ2v) is 5.52. The third-order valence-electron chi connectivity index (χ3n) is 3.61. The first kappa shape index (κ1) is 15.6. The quantitative estimate of drug-likeness (QED) is 0.929. The highest BCUT2D eigenvalue weighted by Crippen LogP contribution is 2.31. The molecule has 0 aromatic heterocycles. The summed E-state index contributed by atoms with van der Waals surface area (Å²) < 4.78 is 40.4. The van der Waals surface area contributed by atoms with Crippen LogP contribution in [0.15, 0.2) is 24.3 Å². The molecule has 1 aliphatic rings. The maximum atomic E-state index is 12.2. The first-order chi connectivity index (χ1) is 9.68. The number of halogens is 3. The molecule has 2 rings (SSSR count). The average Bonchev–Trinajstić information content (AvgIpc) is 2.70. The van der Waals surface area contributed by atoms with Crippen molar-refractivity contribution in [3.8, 4) is 5.75 Å². The number of carbonyl (C=O) groups is 1. The highest BCUT2D eigenvalue weighted by atomic mass is 19.4. The predicted molar refractivity (Wildman–Crippen MR) is 68.8 cm³/mol. The zero-order valence-electron chi connectivity index (χ0n) is 11.5. The van der Waals surface area contributed by atoms with Gasteiger partial charge in [-0.25, -0.2) is 0 Å². The first-order valence-corrected chi connectivity index (χ1v) is 6.48. The van der Waals surface area contributed by atoms with E-state index in [-0.39, 0.29) is 5.75 Å². The van der Waals surface area contributed by atoms with Crippen LogP contribution >= 0.6 is 0 Å². The molecule has 21 heavy (non-hydrogen) atoms. The summed E-state index contributed by atoms with van der Waals surface area (Å²) in [7, 11) is 0. The Bertz CT molecular complexity index is 532. The Balaban J connectivity index is 2.01. The van der Waals surface area contributed by atoms with Crippen LogP contribution in [0.4, 0.5) is 13.2 Å². The van der Waals surface area contributed by atoms with Crippen molar-refractivity contribution in [2.24, 2.45) is 5.41 Å². The first-order valence-electron chi connectivity index (χ1n) is 6.48. The minimum Gasteiger partial charge on any atom is -0.481 e. The number of hydrogen-bond donors (Lipinski definition) is 1. The van der Waals surface area contributed by atoms with Crippen molar-refractivity contribution in [1.29, 1.82) is 0 Å². The van der Waals surface area contributed by atoms with Crippen LogP contribution in [-0.4, -0.2) is 35.4 Å². The van der Waals surface area contributed by atoms with Gasteiger partial charge in [0.1, 0.15) is 5.75 Å². The molecule has 0 amide bonds. The van der Waals surface area contributed by atoms with Crippen molar-refractivity contribution in [3.05, 3.63) is 29.8 Å². The van der Waals surface area contributed by atoms with Crippen LogP contribution in [0.5, 0.6) is 5.75 Å². The summed E-state index contributed by atoms with van der Waals surface area (Å²) in [6, 6.07) is 5.74. The Labute approximate surface area is 120 Å². The van der Waals surface area contributed by atoms with Gasteiger partial charge in [0.15, 0.2) is 0 Å². The van der Waals surface area contributed by atoms with Gasteiger partial charge in [0.05, 0.1) is 5.41 Å². The highest BCUT2D eigenvalue weighted by molar-refractivity contribution is 5.74. The fraction of sp³-hybridized carbons (Fsp3) is 0.500. The molecule has 0 bridgehead atoms. The largest absolute Gasteiger partial charge is 0.573 e. The topological polar surface area (TPSA) is 49.8 Å². The number of ether oxygens (including phenoxy) is 1. The van der Waals surface area contributed by atoms with E-state index < -0.39 is 17.7 Å². The highest BCUT2D eigenvalue weighted by Gasteiger charge is 2.40. The van der Waals surface area contributed by atoms with Crippen LogP contribution in [0.3, 0.4) is 0 Å². The number of rotatable bonds is 4. The number of alkyl halides is 3. The lowest BCUT2D eigenvalue weighted by atomic mass is 9.90. The number of nitrogens with zero attached hydrogens (tertiary/aromatic N) is 1. The Morgan fingerprint density at radius 1 is 1.48 bits per heavy atom. The zero-order valence-corrected chi connectivity index (χ0v) is 11.5. The Kier molecular flexibility index (Phi) is 4.13. The molecule has 0 radical (unpaired) electrons. The van der Waals surface area contributed by atoms with Gasteiger partial charge >= 0.3 is 12.3 Å². The van der Waals surface area contributed by atoms with Gasteiger partial charge < -0.3 is 9.84 Å². The molecule has 1 heterocycles. The van der Waals surface area contributed by atoms with E-state index in [2.05, 4.69) is 4.74 Å². The maximum absolute atomic E-state index is 12.2. The predicted octanol–water partition coefficient (Wildman–Crippen LogP) is 2.88. The second kappa shape index (κ2) is 5.55. The van der Waals surface area contributed by atoms with Crippen LogP contribution in [-0.2, 0) is 11.3 Å². The van der Waals surface area contributed by atoms with Gasteiger partial charge in [0, 0.05) is 13.1 Å². The number of carboxylic acids is 1. The van der Waals surface area contributed by atoms with Gasteiger partial charge in [0.2, 0.25) is 0 Å². The molecule has 1 aromatic rings. The summed E-state index contributed by atoms with van der Waals surface area (Å²) in [5.74, 6) is -1.11. The maximum Gasteiger partial charge on any atom is 0.573 e. The van der Waals surface area contributed by atoms with Crippen molar-refractivity contribution in [1.82, 2.24) is 4.90 Å². The molecule has 1 aromatic carbocycles. The standard InChI is InChI=1S/C14H16F3NO3/c1-13(12(19)20)5-6-18(9-13)8-10-3-2-4-11(7-10)21-14(15,16)17/h2-4,7H,5-6,8-9H2,1H3,(H,19,20). The molecule has 1 aliphatic heterocycles. The van der Waals surface area contributed by atoms with Gasteiger partial charge in [-0.05, 0) is 37.6 Å². The third kappa shape index (κ3) is 4.10. The zero-order chi connectivity index (χ0) is 15.7. The average molecular weight is 303 g/mol. The van der Waals surface area contributed by atoms with Crippen molar-refractivity contribution in [3.63, 3.8) is 0 Å². The van der Waals surface area contributed by atoms with E-state index in [1.807, 2.05) is 4.90 Å². The summed E-state index contributed by atoms with van der Waals surface area (Å²) >= 11 is 0. The number of benzene rings is 1. The smallest absolute Gasteiger partial charge is 0.481 e. The molecular formula is C14H16F3NO3. The molecule has 1 saturated heterocycles. The number of hydrogen-bond acceptors (Lipinski definition) is 3. The Morgan fingerprint density at radius 2 is 2.19 bits per heavy atom. The lowest BCUT2D eigenvalue weighted by Gasteiger charge is -2.20. The molecule has 1 fully saturated rings. The van der Waals surface area contributed by atoms with E-state index in [1.54, 1.807) is 13.0 Å². The summed E-state index contributed by atoms with van der Waals surface area (Å²) in [6.45, 7) is 3.07. The molecule has 4 nitrogen and oxygen atoms in total. The van der Waals surface area contributed by atoms with E-state index in [4.69, 9.17) is 5.11 Å². The van der Waals surface area contributed by atoms with Crippen LogP contribution < -0.4 is 4.74 Å². The van der Waals surface area contributed by atoms with Gasteiger partial charge in [-0.3, -0.25) is 9.69 Å².